The van der Waals surface area contributed by atoms with Crippen LogP contribution in [0.15, 0.2) is 55.1 Å². The third-order valence-electron chi connectivity index (χ3n) is 5.21. The van der Waals surface area contributed by atoms with Gasteiger partial charge in [-0.25, -0.2) is 9.97 Å². The summed E-state index contributed by atoms with van der Waals surface area (Å²) in [5.74, 6) is 1.80. The van der Waals surface area contributed by atoms with Gasteiger partial charge < -0.3 is 18.8 Å². The topological polar surface area (TPSA) is 78.7 Å². The smallest absolute Gasteiger partial charge is 0.260 e. The van der Waals surface area contributed by atoms with Gasteiger partial charge in [-0.1, -0.05) is 17.4 Å². The Morgan fingerprint density at radius 1 is 1.21 bits per heavy atom. The minimum Gasteiger partial charge on any atom is -0.494 e. The molecule has 2 aromatic carbocycles. The highest BCUT2D eigenvalue weighted by Gasteiger charge is 2.24. The van der Waals surface area contributed by atoms with E-state index in [2.05, 4.69) is 4.98 Å². The normalized spacial score (nSPS) is 12.3. The Balaban J connectivity index is 0.00000259. The second-order valence-electron chi connectivity index (χ2n) is 7.27. The third-order valence-corrected chi connectivity index (χ3v) is 6.26. The molecular formula is C23H23ClN4O4S. The molecule has 0 N–H and O–H groups in total. The van der Waals surface area contributed by atoms with Gasteiger partial charge in [0.25, 0.3) is 5.91 Å². The van der Waals surface area contributed by atoms with Gasteiger partial charge in [-0.2, -0.15) is 0 Å². The zero-order chi connectivity index (χ0) is 21.9. The van der Waals surface area contributed by atoms with Crippen LogP contribution >= 0.6 is 23.7 Å². The van der Waals surface area contributed by atoms with Gasteiger partial charge in [0.15, 0.2) is 16.6 Å². The fourth-order valence-corrected chi connectivity index (χ4v) is 4.65. The largest absolute Gasteiger partial charge is 0.494 e. The van der Waals surface area contributed by atoms with Crippen molar-refractivity contribution >= 4 is 45.0 Å². The molecule has 3 heterocycles. The number of aryl methyl sites for hydroxylation is 1. The summed E-state index contributed by atoms with van der Waals surface area (Å²) >= 11 is 1.47. The maximum Gasteiger partial charge on any atom is 0.260 e. The van der Waals surface area contributed by atoms with Gasteiger partial charge in [0.05, 0.1) is 18.1 Å². The first-order chi connectivity index (χ1) is 15.7. The number of halogens is 1. The quantitative estimate of drug-likeness (QED) is 0.384. The molecule has 0 spiro atoms. The van der Waals surface area contributed by atoms with Crippen molar-refractivity contribution in [1.82, 2.24) is 14.5 Å². The standard InChI is InChI=1S/C23H22N4O4S.ClH/c1-29-18-4-2-5-20-21(18)25-23(32-20)27(10-3-9-26-11-8-24-15-26)22(28)16-6-7-17-19(14-16)31-13-12-30-17;/h2,4-8,11,14-15H,3,9-10,12-13H2,1H3;1H. The van der Waals surface area contributed by atoms with Crippen LogP contribution in [-0.2, 0) is 6.54 Å². The molecule has 0 bridgehead atoms. The van der Waals surface area contributed by atoms with Crippen LogP contribution in [0.5, 0.6) is 17.2 Å². The van der Waals surface area contributed by atoms with E-state index in [0.29, 0.717) is 47.7 Å². The number of fused-ring (bicyclic) bond motifs is 2. The molecule has 1 aliphatic heterocycles. The van der Waals surface area contributed by atoms with Gasteiger partial charge in [-0.05, 0) is 36.8 Å². The molecule has 0 saturated heterocycles. The minimum absolute atomic E-state index is 0. The van der Waals surface area contributed by atoms with E-state index in [0.717, 1.165) is 23.2 Å². The molecule has 8 nitrogen and oxygen atoms in total. The molecule has 0 aliphatic carbocycles. The number of aromatic nitrogens is 3. The van der Waals surface area contributed by atoms with Crippen molar-refractivity contribution in [2.24, 2.45) is 0 Å². The fourth-order valence-electron chi connectivity index (χ4n) is 3.64. The van der Waals surface area contributed by atoms with Gasteiger partial charge >= 0.3 is 0 Å². The molecule has 172 valence electrons. The number of hydrogen-bond donors (Lipinski definition) is 0. The van der Waals surface area contributed by atoms with Crippen molar-refractivity contribution in [1.29, 1.82) is 0 Å². The number of carbonyl (C=O) groups excluding carboxylic acids is 1. The van der Waals surface area contributed by atoms with Crippen molar-refractivity contribution in [2.75, 3.05) is 31.8 Å². The Hall–Kier alpha value is -3.30. The number of hydrogen-bond acceptors (Lipinski definition) is 7. The lowest BCUT2D eigenvalue weighted by atomic mass is 10.1. The first-order valence-electron chi connectivity index (χ1n) is 10.3. The number of benzene rings is 2. The Morgan fingerprint density at radius 3 is 2.85 bits per heavy atom. The molecule has 0 saturated carbocycles. The van der Waals surface area contributed by atoms with Crippen LogP contribution < -0.4 is 19.1 Å². The molecule has 0 unspecified atom stereocenters. The second-order valence-corrected chi connectivity index (χ2v) is 8.28. The average molecular weight is 487 g/mol. The number of methoxy groups -OCH3 is 1. The van der Waals surface area contributed by atoms with Gasteiger partial charge in [0.1, 0.15) is 24.5 Å². The predicted octanol–water partition coefficient (Wildman–Crippen LogP) is 4.43. The SMILES string of the molecule is COc1cccc2sc(N(CCCn3ccnc3)C(=O)c3ccc4c(c3)OCCO4)nc12.Cl. The van der Waals surface area contributed by atoms with E-state index in [1.54, 1.807) is 42.7 Å². The first-order valence-corrected chi connectivity index (χ1v) is 11.2. The number of carbonyl (C=O) groups is 1. The highest BCUT2D eigenvalue weighted by atomic mass is 35.5. The summed E-state index contributed by atoms with van der Waals surface area (Å²) < 4.78 is 19.7. The van der Waals surface area contributed by atoms with Crippen LogP contribution in [0.2, 0.25) is 0 Å². The van der Waals surface area contributed by atoms with E-state index in [4.69, 9.17) is 19.2 Å². The zero-order valence-corrected chi connectivity index (χ0v) is 19.6. The summed E-state index contributed by atoms with van der Waals surface area (Å²) in [6, 6.07) is 11.1. The number of imidazole rings is 1. The highest BCUT2D eigenvalue weighted by molar-refractivity contribution is 7.22. The van der Waals surface area contributed by atoms with E-state index in [9.17, 15) is 4.79 Å². The minimum atomic E-state index is -0.134. The van der Waals surface area contributed by atoms with E-state index >= 15 is 0 Å². The molecule has 1 amide bonds. The first kappa shape index (κ1) is 22.9. The molecule has 0 radical (unpaired) electrons. The van der Waals surface area contributed by atoms with Crippen LogP contribution in [0.3, 0.4) is 0 Å². The lowest BCUT2D eigenvalue weighted by molar-refractivity contribution is 0.0985. The third kappa shape index (κ3) is 4.74. The van der Waals surface area contributed by atoms with Crippen molar-refractivity contribution in [3.63, 3.8) is 0 Å². The van der Waals surface area contributed by atoms with Crippen LogP contribution in [-0.4, -0.2) is 47.3 Å². The van der Waals surface area contributed by atoms with Crippen molar-refractivity contribution in [3.05, 3.63) is 60.7 Å². The molecule has 5 rings (SSSR count). The van der Waals surface area contributed by atoms with E-state index in [1.165, 1.54) is 11.3 Å². The molecule has 4 aromatic rings. The Labute approximate surface area is 201 Å². The number of ether oxygens (including phenoxy) is 3. The number of amides is 1. The molecular weight excluding hydrogens is 464 g/mol. The van der Waals surface area contributed by atoms with Crippen LogP contribution in [0.4, 0.5) is 5.13 Å². The van der Waals surface area contributed by atoms with Gasteiger partial charge in [0, 0.05) is 31.0 Å². The summed E-state index contributed by atoms with van der Waals surface area (Å²) in [6.07, 6.45) is 6.18. The highest BCUT2D eigenvalue weighted by Crippen LogP contribution is 2.36. The number of nitrogens with zero attached hydrogens (tertiary/aromatic N) is 4. The summed E-state index contributed by atoms with van der Waals surface area (Å²) in [5, 5.41) is 0.634. The lowest BCUT2D eigenvalue weighted by Gasteiger charge is -2.22. The van der Waals surface area contributed by atoms with E-state index in [-0.39, 0.29) is 18.3 Å². The van der Waals surface area contributed by atoms with E-state index in [1.807, 2.05) is 29.0 Å². The van der Waals surface area contributed by atoms with Gasteiger partial charge in [0.2, 0.25) is 0 Å². The average Bonchev–Trinajstić information content (AvgIpc) is 3.50. The summed E-state index contributed by atoms with van der Waals surface area (Å²) in [4.78, 5) is 24.2. The Bertz CT molecular complexity index is 1240. The van der Waals surface area contributed by atoms with Crippen LogP contribution in [0.25, 0.3) is 10.2 Å². The van der Waals surface area contributed by atoms with Gasteiger partial charge in [-0.15, -0.1) is 12.4 Å². The molecule has 10 heteroatoms. The number of rotatable bonds is 7. The van der Waals surface area contributed by atoms with Gasteiger partial charge in [-0.3, -0.25) is 9.69 Å². The summed E-state index contributed by atoms with van der Waals surface area (Å²) in [5.41, 5.74) is 1.28. The monoisotopic (exact) mass is 486 g/mol. The van der Waals surface area contributed by atoms with Crippen LogP contribution in [0.1, 0.15) is 16.8 Å². The maximum absolute atomic E-state index is 13.6. The molecule has 1 aliphatic rings. The molecule has 33 heavy (non-hydrogen) atoms. The number of thiazole rings is 1. The number of para-hydroxylation sites is 1. The lowest BCUT2D eigenvalue weighted by Crippen LogP contribution is -2.32. The maximum atomic E-state index is 13.6. The molecule has 2 aromatic heterocycles. The van der Waals surface area contributed by atoms with Crippen molar-refractivity contribution in [3.8, 4) is 17.2 Å². The number of anilines is 1. The second kappa shape index (κ2) is 10.1. The van der Waals surface area contributed by atoms with Crippen molar-refractivity contribution in [2.45, 2.75) is 13.0 Å². The van der Waals surface area contributed by atoms with E-state index < -0.39 is 0 Å². The predicted molar refractivity (Wildman–Crippen MR) is 129 cm³/mol. The Kier molecular flexibility index (Phi) is 7.00. The summed E-state index contributed by atoms with van der Waals surface area (Å²) in [6.45, 7) is 2.23. The fraction of sp³-hybridized carbons (Fsp3) is 0.261. The molecule has 0 atom stereocenters. The summed E-state index contributed by atoms with van der Waals surface area (Å²) in [7, 11) is 1.62. The van der Waals surface area contributed by atoms with Crippen molar-refractivity contribution < 1.29 is 19.0 Å². The zero-order valence-electron chi connectivity index (χ0n) is 18.0. The molecule has 0 fully saturated rings. The van der Waals surface area contributed by atoms with Crippen LogP contribution in [0, 0.1) is 0 Å². The Morgan fingerprint density at radius 2 is 2.06 bits per heavy atom.